The minimum atomic E-state index is -0.630. The number of pyridine rings is 1. The molecule has 0 aliphatic carbocycles. The van der Waals surface area contributed by atoms with Gasteiger partial charge in [0.2, 0.25) is 17.6 Å². The number of nitrogens with two attached hydrogens (primary N) is 2. The fourth-order valence-corrected chi connectivity index (χ4v) is 3.93. The van der Waals surface area contributed by atoms with Crippen LogP contribution in [0.3, 0.4) is 0 Å². The van der Waals surface area contributed by atoms with Crippen molar-refractivity contribution >= 4 is 11.5 Å². The Morgan fingerprint density at radius 1 is 1.24 bits per heavy atom. The summed E-state index contributed by atoms with van der Waals surface area (Å²) in [5.74, 6) is -0.509. The Labute approximate surface area is 196 Å². The normalized spacial score (nSPS) is 15.5. The largest absolute Gasteiger partial charge is 0.424 e. The summed E-state index contributed by atoms with van der Waals surface area (Å²) in [6, 6.07) is 13.3. The SMILES string of the molecule is C=C(C1=C(N(C)C)OC(N)=C(C#N)C1c1ccc(-n2ccnc2C(N)=O)cc1)c1cccnc1. The summed E-state index contributed by atoms with van der Waals surface area (Å²) >= 11 is 0. The van der Waals surface area contributed by atoms with E-state index in [1.54, 1.807) is 28.1 Å². The smallest absolute Gasteiger partial charge is 0.285 e. The molecule has 0 spiro atoms. The monoisotopic (exact) mass is 453 g/mol. The maximum atomic E-state index is 11.7. The molecule has 4 N–H and O–H groups in total. The molecule has 0 fully saturated rings. The van der Waals surface area contributed by atoms with Gasteiger partial charge in [-0.25, -0.2) is 4.98 Å². The summed E-state index contributed by atoms with van der Waals surface area (Å²) in [6.07, 6.45) is 6.55. The molecule has 3 aromatic rings. The topological polar surface area (TPSA) is 136 Å². The van der Waals surface area contributed by atoms with Crippen molar-refractivity contribution in [1.29, 1.82) is 5.26 Å². The van der Waals surface area contributed by atoms with Crippen molar-refractivity contribution in [2.75, 3.05) is 14.1 Å². The first-order valence-electron chi connectivity index (χ1n) is 10.4. The molecule has 9 nitrogen and oxygen atoms in total. The second-order valence-corrected chi connectivity index (χ2v) is 7.83. The summed E-state index contributed by atoms with van der Waals surface area (Å²) in [4.78, 5) is 21.7. The zero-order valence-corrected chi connectivity index (χ0v) is 18.8. The van der Waals surface area contributed by atoms with Crippen LogP contribution in [0, 0.1) is 11.3 Å². The number of nitrogens with zero attached hydrogens (tertiary/aromatic N) is 5. The number of amides is 1. The van der Waals surface area contributed by atoms with Crippen molar-refractivity contribution in [3.8, 4) is 11.8 Å². The molecule has 1 amide bonds. The van der Waals surface area contributed by atoms with E-state index in [9.17, 15) is 10.1 Å². The highest BCUT2D eigenvalue weighted by molar-refractivity contribution is 5.89. The first-order valence-corrected chi connectivity index (χ1v) is 10.4. The molecule has 2 aromatic heterocycles. The van der Waals surface area contributed by atoms with E-state index in [-0.39, 0.29) is 17.3 Å². The van der Waals surface area contributed by atoms with Crippen LogP contribution in [0.4, 0.5) is 0 Å². The molecule has 4 rings (SSSR count). The van der Waals surface area contributed by atoms with Crippen molar-refractivity contribution < 1.29 is 9.53 Å². The average Bonchev–Trinajstić information content (AvgIpc) is 3.34. The summed E-state index contributed by atoms with van der Waals surface area (Å²) < 4.78 is 7.48. The molecular weight excluding hydrogens is 430 g/mol. The fourth-order valence-electron chi connectivity index (χ4n) is 3.93. The standard InChI is InChI=1S/C25H23N7O2/c1-15(17-5-4-10-29-14-17)20-21(19(13-26)23(28)34-25(20)31(2)3)16-6-8-18(9-7-16)32-12-11-30-24(32)22(27)33/h4-12,14,21H,1,28H2,2-3H3,(H2,27,33). The lowest BCUT2D eigenvalue weighted by Crippen LogP contribution is -2.27. The minimum Gasteiger partial charge on any atom is -0.424 e. The highest BCUT2D eigenvalue weighted by atomic mass is 16.5. The molecule has 0 saturated carbocycles. The Morgan fingerprint density at radius 3 is 2.56 bits per heavy atom. The number of ether oxygens (including phenoxy) is 1. The first kappa shape index (κ1) is 22.4. The van der Waals surface area contributed by atoms with Gasteiger partial charge in [0.15, 0.2) is 0 Å². The van der Waals surface area contributed by atoms with Gasteiger partial charge < -0.3 is 21.1 Å². The number of imidazole rings is 1. The van der Waals surface area contributed by atoms with Gasteiger partial charge in [-0.15, -0.1) is 0 Å². The van der Waals surface area contributed by atoms with Crippen LogP contribution in [0.5, 0.6) is 0 Å². The van der Waals surface area contributed by atoms with Crippen LogP contribution in [0.15, 0.2) is 90.7 Å². The molecule has 34 heavy (non-hydrogen) atoms. The van der Waals surface area contributed by atoms with Crippen LogP contribution in [-0.4, -0.2) is 39.4 Å². The summed E-state index contributed by atoms with van der Waals surface area (Å²) in [6.45, 7) is 4.30. The van der Waals surface area contributed by atoms with Crippen molar-refractivity contribution in [2.45, 2.75) is 5.92 Å². The first-order chi connectivity index (χ1) is 16.3. The lowest BCUT2D eigenvalue weighted by Gasteiger charge is -2.33. The molecule has 170 valence electrons. The fraction of sp³-hybridized carbons (Fsp3) is 0.120. The Hall–Kier alpha value is -4.84. The van der Waals surface area contributed by atoms with Gasteiger partial charge in [0, 0.05) is 50.1 Å². The van der Waals surface area contributed by atoms with E-state index < -0.39 is 11.8 Å². The molecule has 9 heteroatoms. The number of rotatable bonds is 6. The molecule has 1 aliphatic rings. The number of aromatic nitrogens is 3. The third-order valence-electron chi connectivity index (χ3n) is 5.51. The van der Waals surface area contributed by atoms with E-state index in [2.05, 4.69) is 22.6 Å². The van der Waals surface area contributed by atoms with Crippen LogP contribution in [0.25, 0.3) is 11.3 Å². The summed E-state index contributed by atoms with van der Waals surface area (Å²) in [7, 11) is 3.67. The van der Waals surface area contributed by atoms with Crippen LogP contribution in [0.1, 0.15) is 27.7 Å². The van der Waals surface area contributed by atoms with Gasteiger partial charge in [-0.05, 0) is 34.9 Å². The predicted molar refractivity (Wildman–Crippen MR) is 127 cm³/mol. The Morgan fingerprint density at radius 2 is 1.97 bits per heavy atom. The van der Waals surface area contributed by atoms with E-state index in [1.165, 1.54) is 6.20 Å². The summed E-state index contributed by atoms with van der Waals surface area (Å²) in [5, 5.41) is 9.98. The van der Waals surface area contributed by atoms with E-state index in [0.29, 0.717) is 22.7 Å². The highest BCUT2D eigenvalue weighted by Crippen LogP contribution is 2.45. The molecule has 1 aliphatic heterocycles. The zero-order chi connectivity index (χ0) is 24.4. The average molecular weight is 454 g/mol. The Balaban J connectivity index is 1.86. The van der Waals surface area contributed by atoms with Gasteiger partial charge in [0.25, 0.3) is 5.91 Å². The molecular formula is C25H23N7O2. The molecule has 0 radical (unpaired) electrons. The number of hydrogen-bond acceptors (Lipinski definition) is 7. The van der Waals surface area contributed by atoms with Gasteiger partial charge in [0.05, 0.1) is 5.92 Å². The van der Waals surface area contributed by atoms with Crippen LogP contribution in [0.2, 0.25) is 0 Å². The maximum absolute atomic E-state index is 11.7. The Kier molecular flexibility index (Phi) is 5.89. The molecule has 0 bridgehead atoms. The third-order valence-corrected chi connectivity index (χ3v) is 5.51. The highest BCUT2D eigenvalue weighted by Gasteiger charge is 2.35. The van der Waals surface area contributed by atoms with Crippen molar-refractivity contribution in [2.24, 2.45) is 11.5 Å². The molecule has 3 heterocycles. The molecule has 1 aromatic carbocycles. The van der Waals surface area contributed by atoms with Crippen LogP contribution >= 0.6 is 0 Å². The second-order valence-electron chi connectivity index (χ2n) is 7.83. The number of allylic oxidation sites excluding steroid dienone is 3. The van der Waals surface area contributed by atoms with Gasteiger partial charge in [0.1, 0.15) is 11.6 Å². The number of hydrogen-bond donors (Lipinski definition) is 2. The van der Waals surface area contributed by atoms with Crippen molar-refractivity contribution in [3.05, 3.63) is 108 Å². The number of carbonyl (C=O) groups excluding carboxylic acids is 1. The van der Waals surface area contributed by atoms with Crippen molar-refractivity contribution in [1.82, 2.24) is 19.4 Å². The molecule has 1 unspecified atom stereocenters. The van der Waals surface area contributed by atoms with Gasteiger partial charge >= 0.3 is 0 Å². The van der Waals surface area contributed by atoms with Crippen LogP contribution in [-0.2, 0) is 4.74 Å². The number of nitriles is 1. The van der Waals surface area contributed by atoms with E-state index >= 15 is 0 Å². The van der Waals surface area contributed by atoms with Gasteiger partial charge in [-0.1, -0.05) is 24.8 Å². The number of carbonyl (C=O) groups is 1. The number of primary amides is 1. The lowest BCUT2D eigenvalue weighted by atomic mass is 9.79. The molecule has 1 atom stereocenters. The minimum absolute atomic E-state index is 0.0358. The number of benzene rings is 1. The van der Waals surface area contributed by atoms with E-state index in [0.717, 1.165) is 11.1 Å². The zero-order valence-electron chi connectivity index (χ0n) is 18.8. The van der Waals surface area contributed by atoms with Gasteiger partial charge in [-0.2, -0.15) is 5.26 Å². The quantitative estimate of drug-likeness (QED) is 0.585. The maximum Gasteiger partial charge on any atom is 0.285 e. The van der Waals surface area contributed by atoms with Crippen LogP contribution < -0.4 is 11.5 Å². The van der Waals surface area contributed by atoms with Gasteiger partial charge in [-0.3, -0.25) is 14.3 Å². The van der Waals surface area contributed by atoms with E-state index in [1.807, 2.05) is 50.5 Å². The Bertz CT molecular complexity index is 1360. The van der Waals surface area contributed by atoms with E-state index in [4.69, 9.17) is 16.2 Å². The lowest BCUT2D eigenvalue weighted by molar-refractivity contribution is 0.0989. The second kappa shape index (κ2) is 8.96. The predicted octanol–water partition coefficient (Wildman–Crippen LogP) is 2.66. The summed E-state index contributed by atoms with van der Waals surface area (Å²) in [5.41, 5.74) is 15.5. The van der Waals surface area contributed by atoms with Crippen molar-refractivity contribution in [3.63, 3.8) is 0 Å². The molecule has 0 saturated heterocycles. The third kappa shape index (κ3) is 3.89.